The molecule has 0 fully saturated rings. The van der Waals surface area contributed by atoms with Gasteiger partial charge in [0, 0.05) is 11.1 Å². The number of rotatable bonds is 0. The molecule has 0 unspecified atom stereocenters. The fourth-order valence-electron chi connectivity index (χ4n) is 4.24. The van der Waals surface area contributed by atoms with Crippen molar-refractivity contribution in [2.45, 2.75) is 35.9 Å². The summed E-state index contributed by atoms with van der Waals surface area (Å²) in [5.74, 6) is 0. The van der Waals surface area contributed by atoms with Crippen LogP contribution in [-0.4, -0.2) is 31.5 Å². The van der Waals surface area contributed by atoms with Crippen molar-refractivity contribution in [2.75, 3.05) is 0 Å². The first-order valence-electron chi connectivity index (χ1n) is 9.09. The van der Waals surface area contributed by atoms with E-state index in [4.69, 9.17) is 0 Å². The quantitative estimate of drug-likeness (QED) is 0.255. The molecule has 2 nitrogen and oxygen atoms in total. The smallest absolute Gasteiger partial charge is 0.427 e. The molecule has 0 N–H and O–H groups in total. The van der Waals surface area contributed by atoms with Crippen LogP contribution >= 0.6 is 7.80 Å². The minimum Gasteiger partial charge on any atom is -0.531 e. The van der Waals surface area contributed by atoms with Crippen LogP contribution in [-0.2, 0) is 20.5 Å². The number of fused-ring (bicyclic) bond motifs is 5. The van der Waals surface area contributed by atoms with Crippen molar-refractivity contribution >= 4 is 25.2 Å². The van der Waals surface area contributed by atoms with Gasteiger partial charge in [-0.15, -0.1) is 0 Å². The molecule has 2 heterocycles. The van der Waals surface area contributed by atoms with Crippen molar-refractivity contribution in [3.05, 3.63) is 59.7 Å². The van der Waals surface area contributed by atoms with Gasteiger partial charge in [0.2, 0.25) is 0 Å². The third-order valence-electron chi connectivity index (χ3n) is 5.59. The minimum absolute atomic E-state index is 0.433. The second-order valence-corrected chi connectivity index (χ2v) is 9.80. The van der Waals surface area contributed by atoms with Gasteiger partial charge in [0.05, 0.1) is 10.6 Å². The lowest BCUT2D eigenvalue weighted by molar-refractivity contribution is -0.385. The van der Waals surface area contributed by atoms with Crippen LogP contribution in [0.25, 0.3) is 0 Å². The van der Waals surface area contributed by atoms with Crippen LogP contribution in [0.1, 0.15) is 11.1 Å². The number of benzene rings is 2. The number of halogens is 12. The zero-order valence-corrected chi connectivity index (χ0v) is 17.0. The molecule has 2 aliphatic rings. The molecule has 0 saturated heterocycles. The Kier molecular flexibility index (Phi) is 5.37. The molecule has 16 heteroatoms. The molecule has 2 aromatic rings. The SMILES string of the molecule is FC(F)(F)C1(C(F)(F)F)O[B-]2OC(C(F)(F)F)(C(F)(F)F)c3ccccc3[PH+]2c2ccccc21. The highest BCUT2D eigenvalue weighted by Crippen LogP contribution is 2.65. The summed E-state index contributed by atoms with van der Waals surface area (Å²) < 4.78 is 176. The Morgan fingerprint density at radius 3 is 1.12 bits per heavy atom. The van der Waals surface area contributed by atoms with Crippen molar-refractivity contribution in [1.82, 2.24) is 0 Å². The Morgan fingerprint density at radius 2 is 0.824 bits per heavy atom. The van der Waals surface area contributed by atoms with E-state index >= 15 is 0 Å². The summed E-state index contributed by atoms with van der Waals surface area (Å²) in [7, 11) is -3.33. The summed E-state index contributed by atoms with van der Waals surface area (Å²) in [6.07, 6.45) is -25.2. The Morgan fingerprint density at radius 1 is 0.529 bits per heavy atom. The van der Waals surface area contributed by atoms with Gasteiger partial charge in [-0.3, -0.25) is 0 Å². The average molecular weight is 527 g/mol. The van der Waals surface area contributed by atoms with Crippen molar-refractivity contribution in [2.24, 2.45) is 0 Å². The van der Waals surface area contributed by atoms with Gasteiger partial charge in [0.15, 0.2) is 0 Å². The first-order valence-corrected chi connectivity index (χ1v) is 10.7. The second kappa shape index (κ2) is 7.27. The van der Waals surface area contributed by atoms with Crippen LogP contribution in [0.5, 0.6) is 0 Å². The van der Waals surface area contributed by atoms with E-state index in [0.29, 0.717) is 12.1 Å². The lowest BCUT2D eigenvalue weighted by atomic mass is 9.87. The minimum atomic E-state index is -6.31. The van der Waals surface area contributed by atoms with E-state index in [1.54, 1.807) is 0 Å². The third kappa shape index (κ3) is 3.12. The van der Waals surface area contributed by atoms with Crippen molar-refractivity contribution in [1.29, 1.82) is 0 Å². The fourth-order valence-corrected chi connectivity index (χ4v) is 7.28. The molecule has 34 heavy (non-hydrogen) atoms. The van der Waals surface area contributed by atoms with Gasteiger partial charge in [-0.25, -0.2) is 0 Å². The molecular weight excluding hydrogens is 518 g/mol. The van der Waals surface area contributed by atoms with Crippen molar-refractivity contribution < 1.29 is 62.0 Å². The molecule has 1 radical (unpaired) electrons. The summed E-state index contributed by atoms with van der Waals surface area (Å²) in [6, 6.07) is 6.14. The van der Waals surface area contributed by atoms with E-state index in [1.165, 1.54) is 0 Å². The Bertz CT molecular complexity index is 994. The summed E-state index contributed by atoms with van der Waals surface area (Å²) in [4.78, 5) is 0. The topological polar surface area (TPSA) is 18.5 Å². The summed E-state index contributed by atoms with van der Waals surface area (Å²) in [5.41, 5.74) is -13.4. The van der Waals surface area contributed by atoms with Gasteiger partial charge >= 0.3 is 31.5 Å². The molecule has 0 spiro atoms. The summed E-state index contributed by atoms with van der Waals surface area (Å²) in [5, 5.41) is -1.47. The molecule has 0 aliphatic carbocycles. The number of hydrogen-bond donors (Lipinski definition) is 0. The van der Waals surface area contributed by atoms with Crippen molar-refractivity contribution in [3.8, 4) is 0 Å². The van der Waals surface area contributed by atoms with E-state index in [-0.39, 0.29) is 0 Å². The van der Waals surface area contributed by atoms with Crippen molar-refractivity contribution in [3.63, 3.8) is 0 Å². The molecule has 185 valence electrons. The van der Waals surface area contributed by atoms with E-state index in [9.17, 15) is 52.7 Å². The highest BCUT2D eigenvalue weighted by molar-refractivity contribution is 7.99. The lowest BCUT2D eigenvalue weighted by Gasteiger charge is -2.55. The largest absolute Gasteiger partial charge is 0.531 e. The van der Waals surface area contributed by atoms with Gasteiger partial charge in [-0.1, -0.05) is 44.2 Å². The van der Waals surface area contributed by atoms with Gasteiger partial charge in [-0.2, -0.15) is 52.7 Å². The lowest BCUT2D eigenvalue weighted by Crippen LogP contribution is -2.68. The van der Waals surface area contributed by atoms with E-state index in [2.05, 4.69) is 9.31 Å². The van der Waals surface area contributed by atoms with Crippen LogP contribution in [0.15, 0.2) is 48.5 Å². The highest BCUT2D eigenvalue weighted by atomic mass is 31.1. The van der Waals surface area contributed by atoms with Crippen LogP contribution < -0.4 is 10.6 Å². The fraction of sp³-hybridized carbons (Fsp3) is 0.333. The van der Waals surface area contributed by atoms with Gasteiger partial charge in [0.1, 0.15) is 0 Å². The molecule has 2 aromatic carbocycles. The van der Waals surface area contributed by atoms with E-state index < -0.39 is 72.3 Å². The standard InChI is InChI=1S/C18H9BF12O2P/c20-15(21,22)13(16(23,24)25)9-5-1-3-7-11(9)34-12-8-4-2-6-10(12)14(17(26,27)28,18(29,30)31)33-19(34)32-13/h1-8,34H. The first kappa shape index (κ1) is 25.1. The first-order chi connectivity index (χ1) is 15.4. The molecule has 0 bridgehead atoms. The van der Waals surface area contributed by atoms with Crippen LogP contribution in [0.3, 0.4) is 0 Å². The predicted molar refractivity (Wildman–Crippen MR) is 96.0 cm³/mol. The maximum Gasteiger partial charge on any atom is 0.427 e. The predicted octanol–water partition coefficient (Wildman–Crippen LogP) is 5.54. The summed E-state index contributed by atoms with van der Waals surface area (Å²) in [6.45, 7) is -3.15. The second-order valence-electron chi connectivity index (χ2n) is 7.43. The van der Waals surface area contributed by atoms with E-state index in [1.807, 2.05) is 0 Å². The molecule has 0 amide bonds. The van der Waals surface area contributed by atoms with Gasteiger partial charge in [0.25, 0.3) is 11.2 Å². The maximum atomic E-state index is 14.0. The summed E-state index contributed by atoms with van der Waals surface area (Å²) >= 11 is 0. The molecule has 0 atom stereocenters. The Labute approximate surface area is 183 Å². The van der Waals surface area contributed by atoms with Crippen LogP contribution in [0.4, 0.5) is 52.7 Å². The monoisotopic (exact) mass is 527 g/mol. The van der Waals surface area contributed by atoms with E-state index in [0.717, 1.165) is 36.4 Å². The molecule has 4 rings (SSSR count). The van der Waals surface area contributed by atoms with Crippen LogP contribution in [0.2, 0.25) is 0 Å². The normalized spacial score (nSPS) is 20.9. The average Bonchev–Trinajstić information content (AvgIpc) is 2.68. The number of hydrogen-bond acceptors (Lipinski definition) is 2. The maximum absolute atomic E-state index is 14.0. The molecule has 0 saturated carbocycles. The Balaban J connectivity index is 2.12. The molecule has 0 aromatic heterocycles. The van der Waals surface area contributed by atoms with Crippen LogP contribution in [0, 0.1) is 0 Å². The Hall–Kier alpha value is -1.99. The molecule has 2 aliphatic heterocycles. The molecular formula is C18H9BF12O2P. The third-order valence-corrected chi connectivity index (χ3v) is 8.33. The van der Waals surface area contributed by atoms with Gasteiger partial charge < -0.3 is 9.31 Å². The zero-order valence-electron chi connectivity index (χ0n) is 16.0. The number of alkyl halides is 12. The van der Waals surface area contributed by atoms with Gasteiger partial charge in [-0.05, 0) is 12.1 Å². The highest BCUT2D eigenvalue weighted by Gasteiger charge is 2.79. The zero-order chi connectivity index (χ0) is 25.5.